The van der Waals surface area contributed by atoms with Gasteiger partial charge in [-0.15, -0.1) is 11.3 Å². The molecule has 0 aliphatic heterocycles. The van der Waals surface area contributed by atoms with Crippen molar-refractivity contribution in [1.29, 1.82) is 0 Å². The van der Waals surface area contributed by atoms with Crippen molar-refractivity contribution in [2.75, 3.05) is 12.8 Å². The van der Waals surface area contributed by atoms with Crippen LogP contribution in [0.1, 0.15) is 18.4 Å². The van der Waals surface area contributed by atoms with E-state index < -0.39 is 0 Å². The molecule has 0 aromatic carbocycles. The first-order chi connectivity index (χ1) is 8.83. The summed E-state index contributed by atoms with van der Waals surface area (Å²) in [5.41, 5.74) is 2.42. The van der Waals surface area contributed by atoms with Crippen molar-refractivity contribution < 1.29 is 0 Å². The van der Waals surface area contributed by atoms with Crippen LogP contribution in [0.2, 0.25) is 0 Å². The summed E-state index contributed by atoms with van der Waals surface area (Å²) in [5, 5.41) is 12.9. The molecule has 96 valence electrons. The van der Waals surface area contributed by atoms with Gasteiger partial charge in [-0.25, -0.2) is 0 Å². The molecule has 1 saturated carbocycles. The van der Waals surface area contributed by atoms with Crippen molar-refractivity contribution in [2.45, 2.75) is 24.1 Å². The maximum Gasteiger partial charge on any atom is 0.0794 e. The Kier molecular flexibility index (Phi) is 3.46. The third-order valence-corrected chi connectivity index (χ3v) is 5.79. The first-order valence-electron chi connectivity index (χ1n) is 6.15. The van der Waals surface area contributed by atoms with Crippen molar-refractivity contribution in [3.05, 3.63) is 29.3 Å². The van der Waals surface area contributed by atoms with Crippen LogP contribution in [0.3, 0.4) is 0 Å². The highest BCUT2D eigenvalue weighted by Gasteiger charge is 2.41. The van der Waals surface area contributed by atoms with E-state index in [2.05, 4.69) is 39.3 Å². The van der Waals surface area contributed by atoms with Crippen LogP contribution in [0.15, 0.2) is 23.7 Å². The summed E-state index contributed by atoms with van der Waals surface area (Å²) in [4.78, 5) is 1.26. The Hall–Kier alpha value is -0.780. The van der Waals surface area contributed by atoms with Crippen molar-refractivity contribution in [3.8, 4) is 10.6 Å². The molecule has 2 aromatic heterocycles. The fraction of sp³-hybridized carbons (Fsp3) is 0.462. The van der Waals surface area contributed by atoms with Gasteiger partial charge in [0.1, 0.15) is 0 Å². The SMILES string of the molecule is CSC1(CNCc2cn[nH]c2-c2cccs2)CC1. The van der Waals surface area contributed by atoms with E-state index in [1.165, 1.54) is 23.3 Å². The molecule has 0 radical (unpaired) electrons. The van der Waals surface area contributed by atoms with Crippen LogP contribution in [0.25, 0.3) is 10.6 Å². The molecule has 5 heteroatoms. The number of thiophene rings is 1. The number of hydrogen-bond acceptors (Lipinski definition) is 4. The van der Waals surface area contributed by atoms with Gasteiger partial charge >= 0.3 is 0 Å². The number of H-pyrrole nitrogens is 1. The van der Waals surface area contributed by atoms with Gasteiger partial charge in [-0.3, -0.25) is 5.10 Å². The minimum atomic E-state index is 0.521. The predicted octanol–water partition coefficient (Wildman–Crippen LogP) is 3.12. The Balaban J connectivity index is 1.62. The highest BCUT2D eigenvalue weighted by molar-refractivity contribution is 8.00. The van der Waals surface area contributed by atoms with E-state index in [9.17, 15) is 0 Å². The number of nitrogens with zero attached hydrogens (tertiary/aromatic N) is 1. The predicted molar refractivity (Wildman–Crippen MR) is 79.1 cm³/mol. The van der Waals surface area contributed by atoms with E-state index in [0.29, 0.717) is 4.75 Å². The maximum absolute atomic E-state index is 4.17. The summed E-state index contributed by atoms with van der Waals surface area (Å²) in [6, 6.07) is 4.21. The quantitative estimate of drug-likeness (QED) is 0.853. The van der Waals surface area contributed by atoms with Crippen LogP contribution in [0.5, 0.6) is 0 Å². The van der Waals surface area contributed by atoms with Gasteiger partial charge in [-0.2, -0.15) is 16.9 Å². The van der Waals surface area contributed by atoms with Gasteiger partial charge in [0.25, 0.3) is 0 Å². The van der Waals surface area contributed by atoms with E-state index >= 15 is 0 Å². The Morgan fingerprint density at radius 3 is 3.11 bits per heavy atom. The van der Waals surface area contributed by atoms with E-state index in [1.54, 1.807) is 11.3 Å². The fourth-order valence-electron chi connectivity index (χ4n) is 2.10. The molecule has 0 amide bonds. The molecule has 18 heavy (non-hydrogen) atoms. The first-order valence-corrected chi connectivity index (χ1v) is 8.25. The van der Waals surface area contributed by atoms with Crippen molar-refractivity contribution >= 4 is 23.1 Å². The zero-order valence-electron chi connectivity index (χ0n) is 10.4. The molecule has 3 rings (SSSR count). The molecule has 2 heterocycles. The van der Waals surface area contributed by atoms with Crippen LogP contribution in [0, 0.1) is 0 Å². The van der Waals surface area contributed by atoms with Crippen molar-refractivity contribution in [1.82, 2.24) is 15.5 Å². The molecule has 0 unspecified atom stereocenters. The molecule has 2 N–H and O–H groups in total. The molecular formula is C13H17N3S2. The second kappa shape index (κ2) is 5.07. The van der Waals surface area contributed by atoms with Crippen LogP contribution in [-0.4, -0.2) is 27.7 Å². The average Bonchev–Trinajstić information content (AvgIpc) is 2.83. The molecule has 3 nitrogen and oxygen atoms in total. The lowest BCUT2D eigenvalue weighted by Gasteiger charge is -2.12. The van der Waals surface area contributed by atoms with Crippen LogP contribution in [-0.2, 0) is 6.54 Å². The monoisotopic (exact) mass is 279 g/mol. The lowest BCUT2D eigenvalue weighted by Crippen LogP contribution is -2.25. The van der Waals surface area contributed by atoms with Gasteiger partial charge < -0.3 is 5.32 Å². The molecule has 1 fully saturated rings. The highest BCUT2D eigenvalue weighted by atomic mass is 32.2. The summed E-state index contributed by atoms with van der Waals surface area (Å²) in [6.07, 6.45) is 6.85. The highest BCUT2D eigenvalue weighted by Crippen LogP contribution is 2.46. The van der Waals surface area contributed by atoms with Crippen LogP contribution >= 0.6 is 23.1 Å². The summed E-state index contributed by atoms with van der Waals surface area (Å²) in [7, 11) is 0. The van der Waals surface area contributed by atoms with Gasteiger partial charge in [0.2, 0.25) is 0 Å². The average molecular weight is 279 g/mol. The van der Waals surface area contributed by atoms with Crippen LogP contribution in [0.4, 0.5) is 0 Å². The van der Waals surface area contributed by atoms with E-state index in [1.807, 2.05) is 18.0 Å². The first kappa shape index (κ1) is 12.3. The van der Waals surface area contributed by atoms with E-state index in [4.69, 9.17) is 0 Å². The van der Waals surface area contributed by atoms with Gasteiger partial charge in [0, 0.05) is 23.4 Å². The normalized spacial score (nSPS) is 16.9. The van der Waals surface area contributed by atoms with E-state index in [-0.39, 0.29) is 0 Å². The Morgan fingerprint density at radius 2 is 2.44 bits per heavy atom. The standard InChI is InChI=1S/C13H17N3S2/c1-17-13(4-5-13)9-14-7-10-8-15-16-12(10)11-3-2-6-18-11/h2-3,6,8,14H,4-5,7,9H2,1H3,(H,15,16). The number of rotatable bonds is 6. The van der Waals surface area contributed by atoms with Gasteiger partial charge in [0.15, 0.2) is 0 Å². The Morgan fingerprint density at radius 1 is 1.56 bits per heavy atom. The Labute approximate surface area is 115 Å². The minimum absolute atomic E-state index is 0.521. The summed E-state index contributed by atoms with van der Waals surface area (Å²) < 4.78 is 0.521. The molecule has 1 aliphatic rings. The second-order valence-electron chi connectivity index (χ2n) is 4.74. The zero-order valence-corrected chi connectivity index (χ0v) is 12.0. The number of hydrogen-bond donors (Lipinski definition) is 2. The molecule has 0 bridgehead atoms. The smallest absolute Gasteiger partial charge is 0.0794 e. The Bertz CT molecular complexity index is 500. The second-order valence-corrected chi connectivity index (χ2v) is 6.96. The number of thioether (sulfide) groups is 1. The lowest BCUT2D eigenvalue weighted by atomic mass is 10.2. The number of aromatic nitrogens is 2. The summed E-state index contributed by atoms with van der Waals surface area (Å²) >= 11 is 3.74. The topological polar surface area (TPSA) is 40.7 Å². The van der Waals surface area contributed by atoms with E-state index in [0.717, 1.165) is 18.8 Å². The molecule has 0 saturated heterocycles. The largest absolute Gasteiger partial charge is 0.311 e. The molecule has 2 aromatic rings. The maximum atomic E-state index is 4.17. The molecule has 0 spiro atoms. The van der Waals surface area contributed by atoms with Crippen molar-refractivity contribution in [3.63, 3.8) is 0 Å². The third kappa shape index (κ3) is 2.48. The zero-order chi connectivity index (χ0) is 12.4. The number of aromatic amines is 1. The van der Waals surface area contributed by atoms with Gasteiger partial charge in [-0.1, -0.05) is 6.07 Å². The fourth-order valence-corrected chi connectivity index (χ4v) is 3.61. The summed E-state index contributed by atoms with van der Waals surface area (Å²) in [5.74, 6) is 0. The molecular weight excluding hydrogens is 262 g/mol. The van der Waals surface area contributed by atoms with Gasteiger partial charge in [0.05, 0.1) is 16.8 Å². The lowest BCUT2D eigenvalue weighted by molar-refractivity contribution is 0.664. The van der Waals surface area contributed by atoms with Crippen molar-refractivity contribution in [2.24, 2.45) is 0 Å². The van der Waals surface area contributed by atoms with Crippen LogP contribution < -0.4 is 5.32 Å². The van der Waals surface area contributed by atoms with Gasteiger partial charge in [-0.05, 0) is 30.5 Å². The minimum Gasteiger partial charge on any atom is -0.311 e. The molecule has 0 atom stereocenters. The third-order valence-electron chi connectivity index (χ3n) is 3.49. The number of nitrogens with one attached hydrogen (secondary N) is 2. The summed E-state index contributed by atoms with van der Waals surface area (Å²) in [6.45, 7) is 2.00. The molecule has 1 aliphatic carbocycles.